The summed E-state index contributed by atoms with van der Waals surface area (Å²) in [4.78, 5) is 0. The highest BCUT2D eigenvalue weighted by molar-refractivity contribution is 14.1. The summed E-state index contributed by atoms with van der Waals surface area (Å²) in [5.74, 6) is 0.828. The lowest BCUT2D eigenvalue weighted by molar-refractivity contribution is 0.432. The van der Waals surface area contributed by atoms with Crippen LogP contribution in [0, 0.1) is 7.14 Å². The molecule has 0 bridgehead atoms. The van der Waals surface area contributed by atoms with Gasteiger partial charge in [0, 0.05) is 18.3 Å². The molecule has 1 aromatic heterocycles. The monoisotopic (exact) mass is 473 g/mol. The molecule has 1 heterocycles. The summed E-state index contributed by atoms with van der Waals surface area (Å²) in [6, 6.07) is 16.4. The largest absolute Gasteiger partial charge is 0.356 e. The smallest absolute Gasteiger partial charge is 0.175 e. The van der Waals surface area contributed by atoms with Gasteiger partial charge in [-0.2, -0.15) is 0 Å². The van der Waals surface area contributed by atoms with E-state index in [0.717, 1.165) is 26.0 Å². The summed E-state index contributed by atoms with van der Waals surface area (Å²) in [5, 5.41) is 3.98. The molecule has 19 heavy (non-hydrogen) atoms. The Hall–Kier alpha value is -0.890. The van der Waals surface area contributed by atoms with Crippen molar-refractivity contribution in [2.24, 2.45) is 0 Å². The van der Waals surface area contributed by atoms with Crippen LogP contribution in [0.5, 0.6) is 0 Å². The molecule has 0 saturated heterocycles. The van der Waals surface area contributed by atoms with Crippen LogP contribution >= 0.6 is 45.2 Å². The lowest BCUT2D eigenvalue weighted by Gasteiger charge is -2.05. The summed E-state index contributed by atoms with van der Waals surface area (Å²) in [6.07, 6.45) is 1.79. The van der Waals surface area contributed by atoms with Gasteiger partial charge in [-0.1, -0.05) is 41.6 Å². The van der Waals surface area contributed by atoms with Crippen molar-refractivity contribution >= 4 is 45.2 Å². The van der Waals surface area contributed by atoms with Crippen LogP contribution in [0.15, 0.2) is 59.3 Å². The molecule has 0 atom stereocenters. The third kappa shape index (κ3) is 2.55. The topological polar surface area (TPSA) is 26.0 Å². The van der Waals surface area contributed by atoms with E-state index in [9.17, 15) is 0 Å². The molecule has 94 valence electrons. The first-order valence-corrected chi connectivity index (χ1v) is 7.87. The van der Waals surface area contributed by atoms with E-state index < -0.39 is 0 Å². The molecular formula is C15H9I2NO. The van der Waals surface area contributed by atoms with E-state index in [1.165, 1.54) is 3.57 Å². The minimum atomic E-state index is 0.828. The van der Waals surface area contributed by atoms with Crippen LogP contribution in [0.4, 0.5) is 0 Å². The molecule has 0 aliphatic heterocycles. The molecule has 0 fully saturated rings. The summed E-state index contributed by atoms with van der Waals surface area (Å²) >= 11 is 4.65. The Bertz CT molecular complexity index is 661. The van der Waals surface area contributed by atoms with E-state index in [1.54, 1.807) is 6.20 Å². The fraction of sp³-hybridized carbons (Fsp3) is 0. The number of hydrogen-bond donors (Lipinski definition) is 0. The maximum Gasteiger partial charge on any atom is 0.175 e. The van der Waals surface area contributed by atoms with Gasteiger partial charge >= 0.3 is 0 Å². The van der Waals surface area contributed by atoms with Crippen LogP contribution in [0.25, 0.3) is 22.5 Å². The van der Waals surface area contributed by atoms with Gasteiger partial charge in [-0.15, -0.1) is 0 Å². The molecular weight excluding hydrogens is 464 g/mol. The highest BCUT2D eigenvalue weighted by Crippen LogP contribution is 2.36. The average molecular weight is 473 g/mol. The number of aromatic nitrogens is 1. The second-order valence-corrected chi connectivity index (χ2v) is 6.35. The molecule has 0 spiro atoms. The first kappa shape index (κ1) is 13.1. The molecule has 2 aromatic carbocycles. The molecule has 0 amide bonds. The first-order valence-electron chi connectivity index (χ1n) is 5.72. The van der Waals surface area contributed by atoms with Crippen molar-refractivity contribution in [3.63, 3.8) is 0 Å². The Kier molecular flexibility index (Phi) is 3.88. The summed E-state index contributed by atoms with van der Waals surface area (Å²) in [5.41, 5.74) is 3.27. The number of nitrogens with zero attached hydrogens (tertiary/aromatic N) is 1. The van der Waals surface area contributed by atoms with E-state index in [4.69, 9.17) is 4.52 Å². The maximum atomic E-state index is 5.48. The molecule has 0 radical (unpaired) electrons. The van der Waals surface area contributed by atoms with Gasteiger partial charge in [-0.25, -0.2) is 0 Å². The third-order valence-electron chi connectivity index (χ3n) is 2.85. The first-order chi connectivity index (χ1) is 9.27. The maximum absolute atomic E-state index is 5.48. The predicted octanol–water partition coefficient (Wildman–Crippen LogP) is 5.22. The zero-order valence-electron chi connectivity index (χ0n) is 9.81. The minimum absolute atomic E-state index is 0.828. The Balaban J connectivity index is 2.20. The van der Waals surface area contributed by atoms with Crippen LogP contribution in [0.1, 0.15) is 0 Å². The van der Waals surface area contributed by atoms with E-state index in [0.29, 0.717) is 0 Å². The van der Waals surface area contributed by atoms with Crippen molar-refractivity contribution in [1.82, 2.24) is 5.16 Å². The van der Waals surface area contributed by atoms with Gasteiger partial charge in [0.25, 0.3) is 0 Å². The number of rotatable bonds is 2. The van der Waals surface area contributed by atoms with Gasteiger partial charge in [0.2, 0.25) is 0 Å². The molecule has 0 N–H and O–H groups in total. The van der Waals surface area contributed by atoms with Crippen molar-refractivity contribution in [3.05, 3.63) is 61.9 Å². The Labute approximate surface area is 138 Å². The lowest BCUT2D eigenvalue weighted by Crippen LogP contribution is -1.85. The highest BCUT2D eigenvalue weighted by atomic mass is 127. The zero-order chi connectivity index (χ0) is 13.2. The van der Waals surface area contributed by atoms with Crippen LogP contribution in [0.2, 0.25) is 0 Å². The molecule has 3 rings (SSSR count). The van der Waals surface area contributed by atoms with E-state index >= 15 is 0 Å². The minimum Gasteiger partial charge on any atom is -0.356 e. The summed E-state index contributed by atoms with van der Waals surface area (Å²) in [6.45, 7) is 0. The van der Waals surface area contributed by atoms with E-state index in [-0.39, 0.29) is 0 Å². The number of benzene rings is 2. The second kappa shape index (κ2) is 5.62. The molecule has 0 saturated carbocycles. The van der Waals surface area contributed by atoms with Crippen molar-refractivity contribution in [1.29, 1.82) is 0 Å². The molecule has 4 heteroatoms. The summed E-state index contributed by atoms with van der Waals surface area (Å²) in [7, 11) is 0. The average Bonchev–Trinajstić information content (AvgIpc) is 2.89. The van der Waals surface area contributed by atoms with Crippen LogP contribution < -0.4 is 0 Å². The molecule has 0 unspecified atom stereocenters. The zero-order valence-corrected chi connectivity index (χ0v) is 14.1. The SMILES string of the molecule is Ic1ccccc1-c1cnoc1-c1ccccc1I. The van der Waals surface area contributed by atoms with Crippen LogP contribution in [-0.2, 0) is 0 Å². The van der Waals surface area contributed by atoms with Crippen molar-refractivity contribution in [2.75, 3.05) is 0 Å². The van der Waals surface area contributed by atoms with Gasteiger partial charge in [0.1, 0.15) is 0 Å². The molecule has 3 aromatic rings. The number of hydrogen-bond acceptors (Lipinski definition) is 2. The van der Waals surface area contributed by atoms with Gasteiger partial charge < -0.3 is 4.52 Å². The Morgan fingerprint density at radius 1 is 0.737 bits per heavy atom. The van der Waals surface area contributed by atoms with Crippen molar-refractivity contribution in [2.45, 2.75) is 0 Å². The van der Waals surface area contributed by atoms with E-state index in [2.05, 4.69) is 74.6 Å². The van der Waals surface area contributed by atoms with Gasteiger partial charge in [0.05, 0.1) is 11.8 Å². The third-order valence-corrected chi connectivity index (χ3v) is 4.73. The fourth-order valence-corrected chi connectivity index (χ4v) is 3.26. The molecule has 2 nitrogen and oxygen atoms in total. The standard InChI is InChI=1S/C15H9I2NO/c16-13-7-3-1-5-10(13)12-9-18-19-15(12)11-6-2-4-8-14(11)17/h1-9H. The Morgan fingerprint density at radius 3 is 1.95 bits per heavy atom. The van der Waals surface area contributed by atoms with Gasteiger partial charge in [-0.3, -0.25) is 0 Å². The highest BCUT2D eigenvalue weighted by Gasteiger charge is 2.16. The number of halogens is 2. The Morgan fingerprint density at radius 2 is 1.32 bits per heavy atom. The normalized spacial score (nSPS) is 10.6. The quantitative estimate of drug-likeness (QED) is 0.478. The van der Waals surface area contributed by atoms with Gasteiger partial charge in [-0.05, 0) is 57.3 Å². The summed E-state index contributed by atoms with van der Waals surface area (Å²) < 4.78 is 7.83. The molecule has 0 aliphatic carbocycles. The van der Waals surface area contributed by atoms with Crippen LogP contribution in [-0.4, -0.2) is 5.16 Å². The van der Waals surface area contributed by atoms with Crippen molar-refractivity contribution < 1.29 is 4.52 Å². The lowest BCUT2D eigenvalue weighted by atomic mass is 10.0. The van der Waals surface area contributed by atoms with Crippen molar-refractivity contribution in [3.8, 4) is 22.5 Å². The van der Waals surface area contributed by atoms with Crippen LogP contribution in [0.3, 0.4) is 0 Å². The second-order valence-electron chi connectivity index (χ2n) is 4.03. The molecule has 0 aliphatic rings. The fourth-order valence-electron chi connectivity index (χ4n) is 1.95. The predicted molar refractivity (Wildman–Crippen MR) is 92.8 cm³/mol. The van der Waals surface area contributed by atoms with E-state index in [1.807, 2.05) is 24.3 Å². The van der Waals surface area contributed by atoms with Gasteiger partial charge in [0.15, 0.2) is 5.76 Å².